The Bertz CT molecular complexity index is 563. The fourth-order valence-corrected chi connectivity index (χ4v) is 2.98. The molecule has 0 bridgehead atoms. The Kier molecular flexibility index (Phi) is 5.91. The van der Waals surface area contributed by atoms with Crippen molar-refractivity contribution in [3.63, 3.8) is 0 Å². The van der Waals surface area contributed by atoms with Crippen LogP contribution in [-0.2, 0) is 19.6 Å². The molecule has 2 aromatic rings. The lowest BCUT2D eigenvalue weighted by atomic mass is 10.1. The van der Waals surface area contributed by atoms with Gasteiger partial charge in [0, 0.05) is 31.1 Å². The molecule has 0 radical (unpaired) electrons. The molecule has 0 amide bonds. The molecular formula is C17H25N3S. The first-order valence-electron chi connectivity index (χ1n) is 7.43. The molecule has 0 aliphatic carbocycles. The predicted molar refractivity (Wildman–Crippen MR) is 90.4 cm³/mol. The summed E-state index contributed by atoms with van der Waals surface area (Å²) in [5, 5.41) is 6.75. The van der Waals surface area contributed by atoms with Gasteiger partial charge in [0.2, 0.25) is 0 Å². The SMILES string of the molecule is Cc1cccc(CN(C)Cc2csc(CNC(C)C)n2)c1. The van der Waals surface area contributed by atoms with E-state index >= 15 is 0 Å². The Hall–Kier alpha value is -1.23. The van der Waals surface area contributed by atoms with E-state index in [0.29, 0.717) is 6.04 Å². The van der Waals surface area contributed by atoms with Crippen molar-refractivity contribution in [3.05, 3.63) is 51.5 Å². The highest BCUT2D eigenvalue weighted by Gasteiger charge is 2.06. The van der Waals surface area contributed by atoms with Gasteiger partial charge in [-0.1, -0.05) is 43.7 Å². The maximum atomic E-state index is 4.70. The number of thiazole rings is 1. The van der Waals surface area contributed by atoms with Crippen molar-refractivity contribution in [1.29, 1.82) is 0 Å². The lowest BCUT2D eigenvalue weighted by Crippen LogP contribution is -2.22. The van der Waals surface area contributed by atoms with E-state index in [4.69, 9.17) is 4.98 Å². The van der Waals surface area contributed by atoms with Gasteiger partial charge in [0.15, 0.2) is 0 Å². The van der Waals surface area contributed by atoms with Gasteiger partial charge >= 0.3 is 0 Å². The Morgan fingerprint density at radius 2 is 2.10 bits per heavy atom. The van der Waals surface area contributed by atoms with Gasteiger partial charge in [0.05, 0.1) is 5.69 Å². The van der Waals surface area contributed by atoms with Gasteiger partial charge < -0.3 is 5.32 Å². The molecule has 0 aliphatic rings. The van der Waals surface area contributed by atoms with Crippen LogP contribution in [0.3, 0.4) is 0 Å². The van der Waals surface area contributed by atoms with Crippen molar-refractivity contribution >= 4 is 11.3 Å². The molecule has 0 unspecified atom stereocenters. The third kappa shape index (κ3) is 5.58. The Balaban J connectivity index is 1.86. The minimum absolute atomic E-state index is 0.501. The number of hydrogen-bond acceptors (Lipinski definition) is 4. The topological polar surface area (TPSA) is 28.2 Å². The summed E-state index contributed by atoms with van der Waals surface area (Å²) in [6.45, 7) is 9.17. The van der Waals surface area contributed by atoms with E-state index < -0.39 is 0 Å². The minimum Gasteiger partial charge on any atom is -0.308 e. The monoisotopic (exact) mass is 303 g/mol. The summed E-state index contributed by atoms with van der Waals surface area (Å²) in [4.78, 5) is 7.00. The lowest BCUT2D eigenvalue weighted by Gasteiger charge is -2.15. The van der Waals surface area contributed by atoms with Crippen LogP contribution in [0.1, 0.15) is 35.7 Å². The summed E-state index contributed by atoms with van der Waals surface area (Å²) in [5.74, 6) is 0. The highest BCUT2D eigenvalue weighted by atomic mass is 32.1. The van der Waals surface area contributed by atoms with Crippen LogP contribution in [0.2, 0.25) is 0 Å². The number of benzene rings is 1. The molecule has 4 heteroatoms. The average Bonchev–Trinajstić information content (AvgIpc) is 2.83. The largest absolute Gasteiger partial charge is 0.308 e. The van der Waals surface area contributed by atoms with Gasteiger partial charge in [-0.15, -0.1) is 11.3 Å². The molecule has 1 aromatic carbocycles. The van der Waals surface area contributed by atoms with Crippen molar-refractivity contribution in [2.24, 2.45) is 0 Å². The molecule has 2 rings (SSSR count). The van der Waals surface area contributed by atoms with E-state index in [9.17, 15) is 0 Å². The summed E-state index contributed by atoms with van der Waals surface area (Å²) in [6, 6.07) is 9.19. The number of nitrogens with zero attached hydrogens (tertiary/aromatic N) is 2. The van der Waals surface area contributed by atoms with Gasteiger partial charge in [-0.05, 0) is 19.5 Å². The number of aromatic nitrogens is 1. The second kappa shape index (κ2) is 7.69. The summed E-state index contributed by atoms with van der Waals surface area (Å²) in [7, 11) is 2.15. The Morgan fingerprint density at radius 3 is 2.81 bits per heavy atom. The molecule has 0 atom stereocenters. The first kappa shape index (κ1) is 16.1. The van der Waals surface area contributed by atoms with E-state index in [1.807, 2.05) is 0 Å². The van der Waals surface area contributed by atoms with Crippen molar-refractivity contribution < 1.29 is 0 Å². The normalized spacial score (nSPS) is 11.5. The second-order valence-corrected chi connectivity index (χ2v) is 6.87. The predicted octanol–water partition coefficient (Wildman–Crippen LogP) is 3.58. The van der Waals surface area contributed by atoms with Gasteiger partial charge in [-0.25, -0.2) is 4.98 Å². The summed E-state index contributed by atoms with van der Waals surface area (Å²) in [6.07, 6.45) is 0. The third-order valence-electron chi connectivity index (χ3n) is 3.23. The molecular weight excluding hydrogens is 278 g/mol. The highest BCUT2D eigenvalue weighted by Crippen LogP contribution is 2.13. The van der Waals surface area contributed by atoms with Crippen LogP contribution in [0.4, 0.5) is 0 Å². The first-order valence-corrected chi connectivity index (χ1v) is 8.31. The minimum atomic E-state index is 0.501. The third-order valence-corrected chi connectivity index (χ3v) is 4.13. The summed E-state index contributed by atoms with van der Waals surface area (Å²) in [5.41, 5.74) is 3.83. The van der Waals surface area contributed by atoms with E-state index in [1.54, 1.807) is 11.3 Å². The van der Waals surface area contributed by atoms with Gasteiger partial charge in [-0.3, -0.25) is 4.90 Å². The Morgan fingerprint density at radius 1 is 1.29 bits per heavy atom. The number of aryl methyl sites for hydroxylation is 1. The summed E-state index contributed by atoms with van der Waals surface area (Å²) >= 11 is 1.74. The molecule has 0 aliphatic heterocycles. The van der Waals surface area contributed by atoms with Crippen LogP contribution >= 0.6 is 11.3 Å². The zero-order valence-corrected chi connectivity index (χ0v) is 14.2. The van der Waals surface area contributed by atoms with Crippen molar-refractivity contribution in [2.75, 3.05) is 7.05 Å². The van der Waals surface area contributed by atoms with E-state index in [2.05, 4.69) is 67.7 Å². The van der Waals surface area contributed by atoms with Crippen LogP contribution in [-0.4, -0.2) is 23.0 Å². The molecule has 0 fully saturated rings. The van der Waals surface area contributed by atoms with Gasteiger partial charge in [0.1, 0.15) is 5.01 Å². The van der Waals surface area contributed by atoms with Crippen LogP contribution in [0, 0.1) is 6.92 Å². The van der Waals surface area contributed by atoms with Crippen molar-refractivity contribution in [1.82, 2.24) is 15.2 Å². The van der Waals surface area contributed by atoms with E-state index in [1.165, 1.54) is 16.1 Å². The quantitative estimate of drug-likeness (QED) is 0.847. The van der Waals surface area contributed by atoms with Crippen LogP contribution in [0.15, 0.2) is 29.6 Å². The van der Waals surface area contributed by atoms with E-state index in [-0.39, 0.29) is 0 Å². The van der Waals surface area contributed by atoms with Crippen molar-refractivity contribution in [3.8, 4) is 0 Å². The van der Waals surface area contributed by atoms with Crippen LogP contribution < -0.4 is 5.32 Å². The van der Waals surface area contributed by atoms with E-state index in [0.717, 1.165) is 25.3 Å². The maximum absolute atomic E-state index is 4.70. The fraction of sp³-hybridized carbons (Fsp3) is 0.471. The van der Waals surface area contributed by atoms with Crippen LogP contribution in [0.25, 0.3) is 0 Å². The smallest absolute Gasteiger partial charge is 0.107 e. The standard InChI is InChI=1S/C17H25N3S/c1-13(2)18-9-17-19-16(12-21-17)11-20(4)10-15-7-5-6-14(3)8-15/h5-8,12-13,18H,9-11H2,1-4H3. The molecule has 3 nitrogen and oxygen atoms in total. The van der Waals surface area contributed by atoms with Gasteiger partial charge in [0.25, 0.3) is 0 Å². The van der Waals surface area contributed by atoms with Crippen molar-refractivity contribution in [2.45, 2.75) is 46.4 Å². The number of rotatable bonds is 7. The average molecular weight is 303 g/mol. The molecule has 21 heavy (non-hydrogen) atoms. The fourth-order valence-electron chi connectivity index (χ4n) is 2.25. The molecule has 0 spiro atoms. The molecule has 1 heterocycles. The molecule has 0 saturated carbocycles. The lowest BCUT2D eigenvalue weighted by molar-refractivity contribution is 0.315. The van der Waals surface area contributed by atoms with Gasteiger partial charge in [-0.2, -0.15) is 0 Å². The number of nitrogens with one attached hydrogen (secondary N) is 1. The summed E-state index contributed by atoms with van der Waals surface area (Å²) < 4.78 is 0. The number of hydrogen-bond donors (Lipinski definition) is 1. The zero-order chi connectivity index (χ0) is 15.2. The molecule has 114 valence electrons. The first-order chi connectivity index (χ1) is 10.0. The zero-order valence-electron chi connectivity index (χ0n) is 13.4. The highest BCUT2D eigenvalue weighted by molar-refractivity contribution is 7.09. The Labute approximate surface area is 132 Å². The molecule has 1 N–H and O–H groups in total. The maximum Gasteiger partial charge on any atom is 0.107 e. The molecule has 0 saturated heterocycles. The second-order valence-electron chi connectivity index (χ2n) is 5.93. The van der Waals surface area contributed by atoms with Crippen LogP contribution in [0.5, 0.6) is 0 Å². The molecule has 1 aromatic heterocycles.